The minimum atomic E-state index is -0.272. The molecule has 0 fully saturated rings. The van der Waals surface area contributed by atoms with Crippen molar-refractivity contribution < 1.29 is 4.79 Å². The number of hydrogen-bond donors (Lipinski definition) is 2. The zero-order valence-electron chi connectivity index (χ0n) is 11.8. The van der Waals surface area contributed by atoms with Crippen LogP contribution in [-0.2, 0) is 11.2 Å². The van der Waals surface area contributed by atoms with E-state index in [1.807, 2.05) is 36.4 Å². The Morgan fingerprint density at radius 3 is 2.68 bits per heavy atom. The van der Waals surface area contributed by atoms with Crippen LogP contribution in [0.15, 0.2) is 53.3 Å². The molecule has 1 unspecified atom stereocenters. The first-order valence-electron chi connectivity index (χ1n) is 6.96. The van der Waals surface area contributed by atoms with E-state index in [9.17, 15) is 9.59 Å². The highest BCUT2D eigenvalue weighted by atomic mass is 16.1. The summed E-state index contributed by atoms with van der Waals surface area (Å²) < 4.78 is 0. The van der Waals surface area contributed by atoms with Crippen molar-refractivity contribution in [1.82, 2.24) is 9.97 Å². The van der Waals surface area contributed by atoms with Gasteiger partial charge in [0.1, 0.15) is 6.29 Å². The van der Waals surface area contributed by atoms with Crippen LogP contribution >= 0.6 is 0 Å². The Bertz CT molecular complexity index is 872. The van der Waals surface area contributed by atoms with E-state index in [2.05, 4.69) is 9.97 Å². The van der Waals surface area contributed by atoms with Gasteiger partial charge in [-0.1, -0.05) is 36.4 Å². The van der Waals surface area contributed by atoms with Crippen molar-refractivity contribution in [3.8, 4) is 0 Å². The fraction of sp³-hybridized carbons (Fsp3) is 0.118. The number of nitrogens with one attached hydrogen (secondary N) is 1. The molecule has 0 radical (unpaired) electrons. The fourth-order valence-corrected chi connectivity index (χ4v) is 2.53. The van der Waals surface area contributed by atoms with Crippen LogP contribution in [0.25, 0.3) is 10.9 Å². The lowest BCUT2D eigenvalue weighted by molar-refractivity contribution is -0.109. The number of aldehydes is 1. The molecule has 5 heteroatoms. The maximum absolute atomic E-state index is 11.9. The van der Waals surface area contributed by atoms with Gasteiger partial charge in [0.05, 0.1) is 10.9 Å². The topological polar surface area (TPSA) is 88.8 Å². The molecule has 0 saturated heterocycles. The van der Waals surface area contributed by atoms with Crippen molar-refractivity contribution in [3.63, 3.8) is 0 Å². The standard InChI is InChI=1S/C17H15N3O2/c18-17-19-15-7-6-11(9-14(15)16(22)20-17)8-13(10-21)12-4-2-1-3-5-12/h1-7,9-10,13H,8H2,(H3,18,19,20,22). The third kappa shape index (κ3) is 2.74. The Balaban J connectivity index is 1.97. The largest absolute Gasteiger partial charge is 0.369 e. The zero-order chi connectivity index (χ0) is 15.5. The van der Waals surface area contributed by atoms with Crippen LogP contribution in [0.1, 0.15) is 17.0 Å². The van der Waals surface area contributed by atoms with E-state index in [4.69, 9.17) is 5.73 Å². The highest BCUT2D eigenvalue weighted by Crippen LogP contribution is 2.20. The van der Waals surface area contributed by atoms with Gasteiger partial charge in [0.25, 0.3) is 5.56 Å². The molecule has 0 saturated carbocycles. The molecule has 110 valence electrons. The molecule has 0 bridgehead atoms. The van der Waals surface area contributed by atoms with Gasteiger partial charge in [-0.15, -0.1) is 0 Å². The summed E-state index contributed by atoms with van der Waals surface area (Å²) in [7, 11) is 0. The molecule has 22 heavy (non-hydrogen) atoms. The van der Waals surface area contributed by atoms with E-state index in [0.29, 0.717) is 17.3 Å². The van der Waals surface area contributed by atoms with Crippen LogP contribution in [0.5, 0.6) is 0 Å². The summed E-state index contributed by atoms with van der Waals surface area (Å²) >= 11 is 0. The second kappa shape index (κ2) is 5.81. The van der Waals surface area contributed by atoms with Crippen LogP contribution in [0.2, 0.25) is 0 Å². The van der Waals surface area contributed by atoms with Gasteiger partial charge in [-0.2, -0.15) is 0 Å². The molecule has 3 N–H and O–H groups in total. The van der Waals surface area contributed by atoms with Gasteiger partial charge in [0.15, 0.2) is 0 Å². The summed E-state index contributed by atoms with van der Waals surface area (Å²) in [6.45, 7) is 0. The highest BCUT2D eigenvalue weighted by molar-refractivity contribution is 5.79. The summed E-state index contributed by atoms with van der Waals surface area (Å²) in [5.74, 6) is -0.139. The summed E-state index contributed by atoms with van der Waals surface area (Å²) in [4.78, 5) is 29.9. The number of carbonyl (C=O) groups excluding carboxylic acids is 1. The fourth-order valence-electron chi connectivity index (χ4n) is 2.53. The normalized spacial score (nSPS) is 12.2. The van der Waals surface area contributed by atoms with Crippen LogP contribution < -0.4 is 11.3 Å². The van der Waals surface area contributed by atoms with Gasteiger partial charge in [0, 0.05) is 5.92 Å². The van der Waals surface area contributed by atoms with E-state index >= 15 is 0 Å². The van der Waals surface area contributed by atoms with E-state index in [0.717, 1.165) is 17.4 Å². The number of H-pyrrole nitrogens is 1. The molecule has 0 aliphatic rings. The van der Waals surface area contributed by atoms with Crippen molar-refractivity contribution in [2.75, 3.05) is 5.73 Å². The van der Waals surface area contributed by atoms with Gasteiger partial charge in [-0.3, -0.25) is 9.78 Å². The Labute approximate surface area is 126 Å². The Morgan fingerprint density at radius 2 is 1.95 bits per heavy atom. The maximum atomic E-state index is 11.9. The predicted molar refractivity (Wildman–Crippen MR) is 85.7 cm³/mol. The lowest BCUT2D eigenvalue weighted by Gasteiger charge is -2.11. The minimum Gasteiger partial charge on any atom is -0.369 e. The van der Waals surface area contributed by atoms with E-state index < -0.39 is 0 Å². The lowest BCUT2D eigenvalue weighted by atomic mass is 9.93. The van der Waals surface area contributed by atoms with Crippen LogP contribution in [0.3, 0.4) is 0 Å². The van der Waals surface area contributed by atoms with Crippen LogP contribution in [0.4, 0.5) is 5.95 Å². The number of anilines is 1. The number of benzene rings is 2. The first kappa shape index (κ1) is 14.0. The van der Waals surface area contributed by atoms with Crippen molar-refractivity contribution >= 4 is 23.1 Å². The molecule has 0 aliphatic heterocycles. The SMILES string of the molecule is Nc1nc2ccc(CC(C=O)c3ccccc3)cc2c(=O)[nH]1. The summed E-state index contributed by atoms with van der Waals surface area (Å²) in [6, 6.07) is 15.0. The third-order valence-corrected chi connectivity index (χ3v) is 3.64. The van der Waals surface area contributed by atoms with Gasteiger partial charge in [0.2, 0.25) is 5.95 Å². The second-order valence-electron chi connectivity index (χ2n) is 5.16. The molecule has 0 aliphatic carbocycles. The number of rotatable bonds is 4. The lowest BCUT2D eigenvalue weighted by Crippen LogP contribution is -2.12. The summed E-state index contributed by atoms with van der Waals surface area (Å²) in [5, 5.41) is 0.476. The third-order valence-electron chi connectivity index (χ3n) is 3.64. The maximum Gasteiger partial charge on any atom is 0.260 e. The summed E-state index contributed by atoms with van der Waals surface area (Å²) in [5.41, 5.74) is 7.67. The number of nitrogen functional groups attached to an aromatic ring is 1. The average molecular weight is 293 g/mol. The van der Waals surface area contributed by atoms with Crippen molar-refractivity contribution in [3.05, 3.63) is 70.0 Å². The highest BCUT2D eigenvalue weighted by Gasteiger charge is 2.12. The smallest absolute Gasteiger partial charge is 0.260 e. The van der Waals surface area contributed by atoms with Gasteiger partial charge in [-0.25, -0.2) is 4.98 Å². The monoisotopic (exact) mass is 293 g/mol. The number of carbonyl (C=O) groups is 1. The molecule has 3 rings (SSSR count). The van der Waals surface area contributed by atoms with E-state index in [-0.39, 0.29) is 17.4 Å². The molecule has 1 atom stereocenters. The number of nitrogens with two attached hydrogens (primary N) is 1. The minimum absolute atomic E-state index is 0.0975. The number of aromatic nitrogens is 2. The molecule has 1 heterocycles. The number of hydrogen-bond acceptors (Lipinski definition) is 4. The van der Waals surface area contributed by atoms with E-state index in [1.54, 1.807) is 12.1 Å². The van der Waals surface area contributed by atoms with E-state index in [1.165, 1.54) is 0 Å². The van der Waals surface area contributed by atoms with Crippen molar-refractivity contribution in [1.29, 1.82) is 0 Å². The Kier molecular flexibility index (Phi) is 3.70. The first-order chi connectivity index (χ1) is 10.7. The second-order valence-corrected chi connectivity index (χ2v) is 5.16. The average Bonchev–Trinajstić information content (AvgIpc) is 2.53. The number of fused-ring (bicyclic) bond motifs is 1. The van der Waals surface area contributed by atoms with Gasteiger partial charge >= 0.3 is 0 Å². The first-order valence-corrected chi connectivity index (χ1v) is 6.96. The van der Waals surface area contributed by atoms with Crippen LogP contribution in [-0.4, -0.2) is 16.3 Å². The van der Waals surface area contributed by atoms with Crippen molar-refractivity contribution in [2.24, 2.45) is 0 Å². The molecule has 3 aromatic rings. The van der Waals surface area contributed by atoms with Gasteiger partial charge < -0.3 is 10.5 Å². The zero-order valence-corrected chi connectivity index (χ0v) is 11.8. The molecule has 5 nitrogen and oxygen atoms in total. The Hall–Kier alpha value is -2.95. The van der Waals surface area contributed by atoms with Crippen LogP contribution in [0, 0.1) is 0 Å². The van der Waals surface area contributed by atoms with Crippen molar-refractivity contribution in [2.45, 2.75) is 12.3 Å². The molecule has 0 spiro atoms. The molecule has 2 aromatic carbocycles. The number of aromatic amines is 1. The molecular weight excluding hydrogens is 278 g/mol. The van der Waals surface area contributed by atoms with Gasteiger partial charge in [-0.05, 0) is 29.7 Å². The molecule has 1 aromatic heterocycles. The predicted octanol–water partition coefficient (Wildman–Crippen LogP) is 2.03. The number of nitrogens with zero attached hydrogens (tertiary/aromatic N) is 1. The molecular formula is C17H15N3O2. The Morgan fingerprint density at radius 1 is 1.18 bits per heavy atom. The quantitative estimate of drug-likeness (QED) is 0.720. The summed E-state index contributed by atoms with van der Waals surface area (Å²) in [6.07, 6.45) is 1.47. The molecule has 0 amide bonds.